The molecule has 76 valence electrons. The number of hydrogen-bond acceptors (Lipinski definition) is 2. The number of aromatic hydroxyl groups is 1. The third-order valence-electron chi connectivity index (χ3n) is 1.81. The third kappa shape index (κ3) is 2.23. The first-order valence-electron chi connectivity index (χ1n) is 4.27. The van der Waals surface area contributed by atoms with Crippen molar-refractivity contribution in [2.45, 2.75) is 19.8 Å². The van der Waals surface area contributed by atoms with E-state index in [1.807, 2.05) is 6.92 Å². The summed E-state index contributed by atoms with van der Waals surface area (Å²) in [6.45, 7) is 1.83. The van der Waals surface area contributed by atoms with E-state index in [4.69, 9.17) is 16.7 Å². The van der Waals surface area contributed by atoms with E-state index in [-0.39, 0.29) is 28.5 Å². The number of rotatable bonds is 3. The van der Waals surface area contributed by atoms with Gasteiger partial charge in [0.15, 0.2) is 5.78 Å². The largest absolute Gasteiger partial charge is 0.506 e. The van der Waals surface area contributed by atoms with Crippen LogP contribution in [0.2, 0.25) is 5.02 Å². The summed E-state index contributed by atoms with van der Waals surface area (Å²) >= 11 is 5.56. The third-order valence-corrected chi connectivity index (χ3v) is 2.12. The summed E-state index contributed by atoms with van der Waals surface area (Å²) in [5, 5.41) is 9.04. The fourth-order valence-electron chi connectivity index (χ4n) is 1.11. The van der Waals surface area contributed by atoms with Gasteiger partial charge in [0.05, 0.1) is 10.6 Å². The van der Waals surface area contributed by atoms with E-state index in [1.165, 1.54) is 0 Å². The molecular formula is C10H10ClFO2. The first-order valence-corrected chi connectivity index (χ1v) is 4.65. The van der Waals surface area contributed by atoms with Crippen molar-refractivity contribution in [3.63, 3.8) is 0 Å². The van der Waals surface area contributed by atoms with Crippen LogP contribution < -0.4 is 0 Å². The molecule has 4 heteroatoms. The highest BCUT2D eigenvalue weighted by molar-refractivity contribution is 6.32. The lowest BCUT2D eigenvalue weighted by molar-refractivity contribution is 0.0978. The molecule has 1 N–H and O–H groups in total. The van der Waals surface area contributed by atoms with Gasteiger partial charge in [-0.1, -0.05) is 18.5 Å². The fraction of sp³-hybridized carbons (Fsp3) is 0.300. The topological polar surface area (TPSA) is 37.3 Å². The quantitative estimate of drug-likeness (QED) is 0.788. The molecule has 1 rings (SSSR count). The molecule has 0 bridgehead atoms. The average Bonchev–Trinajstić information content (AvgIpc) is 2.11. The minimum absolute atomic E-state index is 0.00847. The van der Waals surface area contributed by atoms with E-state index < -0.39 is 5.82 Å². The molecule has 0 aliphatic heterocycles. The Labute approximate surface area is 86.3 Å². The second-order valence-corrected chi connectivity index (χ2v) is 3.36. The summed E-state index contributed by atoms with van der Waals surface area (Å²) < 4.78 is 13.2. The van der Waals surface area contributed by atoms with Crippen LogP contribution in [-0.4, -0.2) is 10.9 Å². The fourth-order valence-corrected chi connectivity index (χ4v) is 1.28. The Morgan fingerprint density at radius 3 is 2.79 bits per heavy atom. The molecule has 0 aliphatic carbocycles. The standard InChI is InChI=1S/C10H10ClFO2/c1-2-3-9(13)6-4-7(11)10(14)5-8(6)12/h4-5,14H,2-3H2,1H3. The second-order valence-electron chi connectivity index (χ2n) is 2.96. The number of ketones is 1. The highest BCUT2D eigenvalue weighted by Gasteiger charge is 2.13. The van der Waals surface area contributed by atoms with Crippen molar-refractivity contribution < 1.29 is 14.3 Å². The maximum atomic E-state index is 13.2. The van der Waals surface area contributed by atoms with Crippen LogP contribution in [0.15, 0.2) is 12.1 Å². The highest BCUT2D eigenvalue weighted by atomic mass is 35.5. The molecule has 1 aromatic carbocycles. The molecule has 2 nitrogen and oxygen atoms in total. The summed E-state index contributed by atoms with van der Waals surface area (Å²) in [6, 6.07) is 2.01. The molecule has 0 aromatic heterocycles. The van der Waals surface area contributed by atoms with Gasteiger partial charge in [0.25, 0.3) is 0 Å². The van der Waals surface area contributed by atoms with Crippen LogP contribution in [0.5, 0.6) is 5.75 Å². The lowest BCUT2D eigenvalue weighted by Crippen LogP contribution is -2.01. The lowest BCUT2D eigenvalue weighted by Gasteiger charge is -2.03. The molecule has 0 radical (unpaired) electrons. The normalized spacial score (nSPS) is 10.2. The van der Waals surface area contributed by atoms with Crippen molar-refractivity contribution in [1.82, 2.24) is 0 Å². The molecule has 0 saturated carbocycles. The van der Waals surface area contributed by atoms with Crippen LogP contribution in [-0.2, 0) is 0 Å². The molecule has 0 heterocycles. The zero-order chi connectivity index (χ0) is 10.7. The maximum Gasteiger partial charge on any atom is 0.165 e. The van der Waals surface area contributed by atoms with Gasteiger partial charge < -0.3 is 5.11 Å². The van der Waals surface area contributed by atoms with Gasteiger partial charge in [-0.3, -0.25) is 4.79 Å². The number of phenolic OH excluding ortho intramolecular Hbond substituents is 1. The van der Waals surface area contributed by atoms with Gasteiger partial charge in [-0.05, 0) is 12.5 Å². The smallest absolute Gasteiger partial charge is 0.165 e. The first-order chi connectivity index (χ1) is 6.56. The Morgan fingerprint density at radius 1 is 1.57 bits per heavy atom. The highest BCUT2D eigenvalue weighted by Crippen LogP contribution is 2.26. The van der Waals surface area contributed by atoms with Crippen molar-refractivity contribution in [1.29, 1.82) is 0 Å². The molecule has 0 aliphatic rings. The van der Waals surface area contributed by atoms with Crippen LogP contribution in [0, 0.1) is 5.82 Å². The summed E-state index contributed by atoms with van der Waals surface area (Å²) in [5.41, 5.74) is -0.0605. The molecule has 1 aromatic rings. The summed E-state index contributed by atoms with van der Waals surface area (Å²) in [5.74, 6) is -1.38. The second kappa shape index (κ2) is 4.42. The molecule has 0 saturated heterocycles. The Hall–Kier alpha value is -1.09. The number of halogens is 2. The Morgan fingerprint density at radius 2 is 2.21 bits per heavy atom. The molecule has 0 amide bonds. The van der Waals surface area contributed by atoms with Crippen LogP contribution in [0.4, 0.5) is 4.39 Å². The monoisotopic (exact) mass is 216 g/mol. The zero-order valence-electron chi connectivity index (χ0n) is 7.68. The van der Waals surface area contributed by atoms with Crippen LogP contribution in [0.3, 0.4) is 0 Å². The number of phenols is 1. The molecule has 0 atom stereocenters. The van der Waals surface area contributed by atoms with Crippen molar-refractivity contribution in [2.24, 2.45) is 0 Å². The van der Waals surface area contributed by atoms with Crippen molar-refractivity contribution in [3.8, 4) is 5.75 Å². The van der Waals surface area contributed by atoms with Crippen LogP contribution >= 0.6 is 11.6 Å². The molecule has 0 fully saturated rings. The number of carbonyl (C=O) groups is 1. The van der Waals surface area contributed by atoms with Crippen molar-refractivity contribution >= 4 is 17.4 Å². The van der Waals surface area contributed by atoms with E-state index in [0.29, 0.717) is 6.42 Å². The van der Waals surface area contributed by atoms with Crippen molar-refractivity contribution in [3.05, 3.63) is 28.5 Å². The van der Waals surface area contributed by atoms with E-state index in [9.17, 15) is 9.18 Å². The van der Waals surface area contributed by atoms with E-state index in [2.05, 4.69) is 0 Å². The van der Waals surface area contributed by atoms with Gasteiger partial charge in [0.1, 0.15) is 11.6 Å². The molecule has 0 spiro atoms. The van der Waals surface area contributed by atoms with Gasteiger partial charge in [-0.2, -0.15) is 0 Å². The van der Waals surface area contributed by atoms with E-state index in [0.717, 1.165) is 12.1 Å². The number of benzene rings is 1. The SMILES string of the molecule is CCCC(=O)c1cc(Cl)c(O)cc1F. The van der Waals surface area contributed by atoms with Crippen LogP contribution in [0.1, 0.15) is 30.1 Å². The minimum atomic E-state index is -0.731. The zero-order valence-corrected chi connectivity index (χ0v) is 8.44. The summed E-state index contributed by atoms with van der Waals surface area (Å²) in [6.07, 6.45) is 0.925. The Balaban J connectivity index is 3.09. The van der Waals surface area contributed by atoms with Gasteiger partial charge in [-0.25, -0.2) is 4.39 Å². The maximum absolute atomic E-state index is 13.2. The van der Waals surface area contributed by atoms with E-state index >= 15 is 0 Å². The first kappa shape index (κ1) is 11.0. The molecule has 14 heavy (non-hydrogen) atoms. The lowest BCUT2D eigenvalue weighted by atomic mass is 10.1. The summed E-state index contributed by atoms with van der Waals surface area (Å²) in [4.78, 5) is 11.3. The minimum Gasteiger partial charge on any atom is -0.506 e. The van der Waals surface area contributed by atoms with Gasteiger partial charge >= 0.3 is 0 Å². The van der Waals surface area contributed by atoms with Gasteiger partial charge in [0, 0.05) is 12.5 Å². The number of hydrogen-bond donors (Lipinski definition) is 1. The number of carbonyl (C=O) groups excluding carboxylic acids is 1. The van der Waals surface area contributed by atoms with Gasteiger partial charge in [0.2, 0.25) is 0 Å². The number of Topliss-reactive ketones (excluding diaryl/α,β-unsaturated/α-hetero) is 1. The Bertz CT molecular complexity index is 363. The Kier molecular flexibility index (Phi) is 3.47. The van der Waals surface area contributed by atoms with Crippen molar-refractivity contribution in [2.75, 3.05) is 0 Å². The predicted octanol–water partition coefficient (Wildman–Crippen LogP) is 3.17. The van der Waals surface area contributed by atoms with Crippen LogP contribution in [0.25, 0.3) is 0 Å². The van der Waals surface area contributed by atoms with Gasteiger partial charge in [-0.15, -0.1) is 0 Å². The molecular weight excluding hydrogens is 207 g/mol. The summed E-state index contributed by atoms with van der Waals surface area (Å²) in [7, 11) is 0. The predicted molar refractivity (Wildman–Crippen MR) is 52.3 cm³/mol. The van der Waals surface area contributed by atoms with E-state index in [1.54, 1.807) is 0 Å². The average molecular weight is 217 g/mol. The molecule has 0 unspecified atom stereocenters.